The van der Waals surface area contributed by atoms with Gasteiger partial charge in [-0.05, 0) is 48.2 Å². The van der Waals surface area contributed by atoms with Crippen molar-refractivity contribution in [3.05, 3.63) is 67.4 Å². The lowest BCUT2D eigenvalue weighted by Gasteiger charge is -2.23. The summed E-state index contributed by atoms with van der Waals surface area (Å²) in [6, 6.07) is 13.4. The molecule has 2 aromatic carbocycles. The van der Waals surface area contributed by atoms with E-state index in [0.29, 0.717) is 16.3 Å². The molecule has 0 radical (unpaired) electrons. The van der Waals surface area contributed by atoms with E-state index in [0.717, 1.165) is 30.5 Å². The lowest BCUT2D eigenvalue weighted by Crippen LogP contribution is -2.22. The quantitative estimate of drug-likeness (QED) is 0.303. The van der Waals surface area contributed by atoms with Crippen LogP contribution in [0.1, 0.15) is 41.6 Å². The zero-order valence-electron chi connectivity index (χ0n) is 19.0. The standard InChI is InChI=1S/C25H25Br2NO4S/c1-14-21(15-6-8-16(26)9-7-15)22(24(30)31-5)23(33-14)28-20(29)13-32-19-11-10-17(27)12-18(19)25(2,3)4/h6-12H,13H2,1-5H3,(H,28,29). The molecule has 0 unspecified atom stereocenters. The Morgan fingerprint density at radius 3 is 2.27 bits per heavy atom. The third-order valence-electron chi connectivity index (χ3n) is 4.97. The monoisotopic (exact) mass is 593 g/mol. The fourth-order valence-corrected chi connectivity index (χ4v) is 5.12. The van der Waals surface area contributed by atoms with E-state index in [1.165, 1.54) is 18.4 Å². The summed E-state index contributed by atoms with van der Waals surface area (Å²) in [6.07, 6.45) is 0. The Labute approximate surface area is 214 Å². The van der Waals surface area contributed by atoms with E-state index < -0.39 is 5.97 Å². The molecule has 8 heteroatoms. The van der Waals surface area contributed by atoms with Crippen molar-refractivity contribution in [3.63, 3.8) is 0 Å². The molecule has 5 nitrogen and oxygen atoms in total. The molecule has 0 fully saturated rings. The summed E-state index contributed by atoms with van der Waals surface area (Å²) in [5.74, 6) is -0.213. The molecule has 0 aliphatic heterocycles. The lowest BCUT2D eigenvalue weighted by atomic mass is 9.86. The van der Waals surface area contributed by atoms with E-state index in [-0.39, 0.29) is 17.9 Å². The summed E-state index contributed by atoms with van der Waals surface area (Å²) in [5, 5.41) is 3.29. The number of ether oxygens (including phenoxy) is 2. The predicted octanol–water partition coefficient (Wildman–Crippen LogP) is 7.35. The summed E-state index contributed by atoms with van der Waals surface area (Å²) in [4.78, 5) is 26.3. The van der Waals surface area contributed by atoms with Gasteiger partial charge in [0.1, 0.15) is 16.3 Å². The molecule has 0 saturated heterocycles. The van der Waals surface area contributed by atoms with Crippen LogP contribution in [0.5, 0.6) is 5.75 Å². The molecular formula is C25H25Br2NO4S. The van der Waals surface area contributed by atoms with Crippen LogP contribution in [0.3, 0.4) is 0 Å². The van der Waals surface area contributed by atoms with E-state index in [1.54, 1.807) is 0 Å². The molecule has 0 aliphatic rings. The van der Waals surface area contributed by atoms with Crippen molar-refractivity contribution in [1.29, 1.82) is 0 Å². The Kier molecular flexibility index (Phi) is 8.03. The van der Waals surface area contributed by atoms with Crippen LogP contribution in [0.4, 0.5) is 5.00 Å². The Morgan fingerprint density at radius 2 is 1.67 bits per heavy atom. The third-order valence-corrected chi connectivity index (χ3v) is 7.01. The average Bonchev–Trinajstić information content (AvgIpc) is 3.07. The van der Waals surface area contributed by atoms with E-state index in [2.05, 4.69) is 57.9 Å². The SMILES string of the molecule is COC(=O)c1c(NC(=O)COc2ccc(Br)cc2C(C)(C)C)sc(C)c1-c1ccc(Br)cc1. The fraction of sp³-hybridized carbons (Fsp3) is 0.280. The van der Waals surface area contributed by atoms with Gasteiger partial charge < -0.3 is 14.8 Å². The second-order valence-electron chi connectivity index (χ2n) is 8.46. The molecule has 0 aliphatic carbocycles. The predicted molar refractivity (Wildman–Crippen MR) is 140 cm³/mol. The minimum absolute atomic E-state index is 0.155. The number of hydrogen-bond donors (Lipinski definition) is 1. The molecule has 3 aromatic rings. The summed E-state index contributed by atoms with van der Waals surface area (Å²) in [5.41, 5.74) is 2.80. The minimum Gasteiger partial charge on any atom is -0.483 e. The number of rotatable bonds is 6. The number of anilines is 1. The summed E-state index contributed by atoms with van der Waals surface area (Å²) < 4.78 is 12.8. The van der Waals surface area contributed by atoms with Crippen molar-refractivity contribution >= 4 is 60.1 Å². The van der Waals surface area contributed by atoms with Gasteiger partial charge in [-0.3, -0.25) is 4.79 Å². The zero-order chi connectivity index (χ0) is 24.3. The number of thiophene rings is 1. The van der Waals surface area contributed by atoms with Crippen molar-refractivity contribution in [2.75, 3.05) is 19.0 Å². The highest BCUT2D eigenvalue weighted by atomic mass is 79.9. The van der Waals surface area contributed by atoms with Crippen molar-refractivity contribution < 1.29 is 19.1 Å². The summed E-state index contributed by atoms with van der Waals surface area (Å²) in [7, 11) is 1.33. The van der Waals surface area contributed by atoms with Crippen LogP contribution in [0.2, 0.25) is 0 Å². The molecule has 3 rings (SSSR count). The smallest absolute Gasteiger partial charge is 0.341 e. The molecule has 1 amide bonds. The number of halogens is 2. The van der Waals surface area contributed by atoms with Gasteiger partial charge in [0.05, 0.1) is 7.11 Å². The Bertz CT molecular complexity index is 1180. The highest BCUT2D eigenvalue weighted by Gasteiger charge is 2.26. The van der Waals surface area contributed by atoms with Crippen LogP contribution < -0.4 is 10.1 Å². The molecule has 1 aromatic heterocycles. The topological polar surface area (TPSA) is 64.6 Å². The maximum Gasteiger partial charge on any atom is 0.341 e. The van der Waals surface area contributed by atoms with E-state index in [1.807, 2.05) is 49.4 Å². The number of amides is 1. The van der Waals surface area contributed by atoms with Crippen LogP contribution in [-0.4, -0.2) is 25.6 Å². The third kappa shape index (κ3) is 6.05. The van der Waals surface area contributed by atoms with Crippen LogP contribution >= 0.6 is 43.2 Å². The number of carbonyl (C=O) groups excluding carboxylic acids is 2. The van der Waals surface area contributed by atoms with E-state index in [9.17, 15) is 9.59 Å². The first-order chi connectivity index (χ1) is 15.5. The van der Waals surface area contributed by atoms with Gasteiger partial charge in [-0.25, -0.2) is 4.79 Å². The number of carbonyl (C=O) groups is 2. The summed E-state index contributed by atoms with van der Waals surface area (Å²) in [6.45, 7) is 7.99. The van der Waals surface area contributed by atoms with Crippen molar-refractivity contribution in [1.82, 2.24) is 0 Å². The molecule has 174 valence electrons. The molecule has 0 atom stereocenters. The Balaban J connectivity index is 1.85. The molecular weight excluding hydrogens is 570 g/mol. The van der Waals surface area contributed by atoms with Gasteiger partial charge in [0.2, 0.25) is 0 Å². The van der Waals surface area contributed by atoms with Crippen LogP contribution in [0.15, 0.2) is 51.4 Å². The maximum atomic E-state index is 12.8. The Morgan fingerprint density at radius 1 is 1.03 bits per heavy atom. The molecule has 1 heterocycles. The number of esters is 1. The van der Waals surface area contributed by atoms with Crippen molar-refractivity contribution in [2.45, 2.75) is 33.1 Å². The number of hydrogen-bond acceptors (Lipinski definition) is 5. The molecule has 1 N–H and O–H groups in total. The highest BCUT2D eigenvalue weighted by molar-refractivity contribution is 9.10. The molecule has 0 spiro atoms. The minimum atomic E-state index is -0.503. The van der Waals surface area contributed by atoms with Crippen LogP contribution in [0, 0.1) is 6.92 Å². The number of methoxy groups -OCH3 is 1. The number of nitrogens with one attached hydrogen (secondary N) is 1. The maximum absolute atomic E-state index is 12.8. The van der Waals surface area contributed by atoms with E-state index >= 15 is 0 Å². The second-order valence-corrected chi connectivity index (χ2v) is 11.5. The number of aryl methyl sites for hydroxylation is 1. The van der Waals surface area contributed by atoms with Gasteiger partial charge in [0.15, 0.2) is 6.61 Å². The zero-order valence-corrected chi connectivity index (χ0v) is 23.0. The Hall–Kier alpha value is -2.16. The largest absolute Gasteiger partial charge is 0.483 e. The second kappa shape index (κ2) is 10.4. The van der Waals surface area contributed by atoms with Gasteiger partial charge in [-0.1, -0.05) is 64.8 Å². The van der Waals surface area contributed by atoms with Gasteiger partial charge >= 0.3 is 5.97 Å². The van der Waals surface area contributed by atoms with Crippen molar-refractivity contribution in [3.8, 4) is 16.9 Å². The van der Waals surface area contributed by atoms with Crippen LogP contribution in [-0.2, 0) is 14.9 Å². The average molecular weight is 595 g/mol. The first-order valence-corrected chi connectivity index (χ1v) is 12.6. The van der Waals surface area contributed by atoms with Gasteiger partial charge in [0, 0.05) is 24.9 Å². The first-order valence-electron chi connectivity index (χ1n) is 10.2. The normalized spacial score (nSPS) is 11.2. The summed E-state index contributed by atoms with van der Waals surface area (Å²) >= 11 is 8.26. The molecule has 0 saturated carbocycles. The van der Waals surface area contributed by atoms with Gasteiger partial charge in [0.25, 0.3) is 5.91 Å². The fourth-order valence-electron chi connectivity index (χ4n) is 3.41. The first kappa shape index (κ1) is 25.5. The molecule has 0 bridgehead atoms. The van der Waals surface area contributed by atoms with Gasteiger partial charge in [-0.15, -0.1) is 11.3 Å². The number of benzene rings is 2. The van der Waals surface area contributed by atoms with Crippen LogP contribution in [0.25, 0.3) is 11.1 Å². The van der Waals surface area contributed by atoms with Gasteiger partial charge in [-0.2, -0.15) is 0 Å². The lowest BCUT2D eigenvalue weighted by molar-refractivity contribution is -0.118. The van der Waals surface area contributed by atoms with E-state index in [4.69, 9.17) is 9.47 Å². The highest BCUT2D eigenvalue weighted by Crippen LogP contribution is 2.41. The van der Waals surface area contributed by atoms with Crippen molar-refractivity contribution in [2.24, 2.45) is 0 Å². The molecule has 33 heavy (non-hydrogen) atoms.